The molecule has 1 saturated heterocycles. The minimum atomic E-state index is -0.196. The highest BCUT2D eigenvalue weighted by Crippen LogP contribution is 2.21. The molecule has 1 unspecified atom stereocenters. The van der Waals surface area contributed by atoms with Gasteiger partial charge in [-0.1, -0.05) is 20.8 Å². The van der Waals surface area contributed by atoms with E-state index in [2.05, 4.69) is 31.4 Å². The van der Waals surface area contributed by atoms with Gasteiger partial charge in [-0.15, -0.1) is 0 Å². The molecule has 1 aliphatic heterocycles. The molecule has 1 aromatic rings. The third-order valence-electron chi connectivity index (χ3n) is 5.35. The van der Waals surface area contributed by atoms with Crippen LogP contribution in [-0.4, -0.2) is 36.0 Å². The molecule has 1 fully saturated rings. The van der Waals surface area contributed by atoms with Crippen molar-refractivity contribution >= 4 is 17.6 Å². The van der Waals surface area contributed by atoms with Gasteiger partial charge < -0.3 is 15.5 Å². The number of likely N-dealkylation sites (tertiary alicyclic amines) is 1. The molecule has 0 spiro atoms. The Balaban J connectivity index is 1.92. The molecule has 1 aliphatic rings. The van der Waals surface area contributed by atoms with Crippen LogP contribution >= 0.6 is 0 Å². The molecule has 27 heavy (non-hydrogen) atoms. The summed E-state index contributed by atoms with van der Waals surface area (Å²) >= 11 is 0. The summed E-state index contributed by atoms with van der Waals surface area (Å²) in [6, 6.07) is 5.45. The molecule has 150 valence electrons. The molecule has 0 bridgehead atoms. The molecule has 0 aromatic heterocycles. The summed E-state index contributed by atoms with van der Waals surface area (Å²) in [6.07, 6.45) is 4.19. The van der Waals surface area contributed by atoms with Gasteiger partial charge in [0, 0.05) is 30.4 Å². The van der Waals surface area contributed by atoms with Crippen LogP contribution in [0, 0.1) is 18.8 Å². The maximum Gasteiger partial charge on any atom is 0.319 e. The molecular weight excluding hydrogens is 338 g/mol. The monoisotopic (exact) mass is 373 g/mol. The van der Waals surface area contributed by atoms with Crippen LogP contribution in [0.3, 0.4) is 0 Å². The largest absolute Gasteiger partial charge is 0.339 e. The van der Waals surface area contributed by atoms with Crippen molar-refractivity contribution in [3.8, 4) is 0 Å². The Labute approximate surface area is 163 Å². The lowest BCUT2D eigenvalue weighted by Gasteiger charge is -2.30. The first-order valence-electron chi connectivity index (χ1n) is 10.2. The predicted octanol–water partition coefficient (Wildman–Crippen LogP) is 4.81. The van der Waals surface area contributed by atoms with Crippen LogP contribution in [0.5, 0.6) is 0 Å². The summed E-state index contributed by atoms with van der Waals surface area (Å²) in [5.41, 5.74) is 2.34. The molecule has 2 N–H and O–H groups in total. The zero-order valence-electron chi connectivity index (χ0n) is 17.5. The molecule has 0 aliphatic carbocycles. The number of nitrogens with zero attached hydrogens (tertiary/aromatic N) is 1. The summed E-state index contributed by atoms with van der Waals surface area (Å²) in [6.45, 7) is 12.2. The normalized spacial score (nSPS) is 16.3. The molecule has 3 amide bonds. The SMILES string of the molecule is Cc1cc(C(=O)N2CCC(C)CC2)ccc1NC(=O)NC(C)CCC(C)C. The molecule has 2 rings (SSSR count). The lowest BCUT2D eigenvalue weighted by molar-refractivity contribution is 0.0697. The van der Waals surface area contributed by atoms with Crippen molar-refractivity contribution < 1.29 is 9.59 Å². The van der Waals surface area contributed by atoms with E-state index in [-0.39, 0.29) is 18.0 Å². The second-order valence-electron chi connectivity index (χ2n) is 8.48. The average molecular weight is 374 g/mol. The van der Waals surface area contributed by atoms with Gasteiger partial charge in [-0.05, 0) is 75.1 Å². The Bertz CT molecular complexity index is 649. The Morgan fingerprint density at radius 1 is 1.15 bits per heavy atom. The maximum absolute atomic E-state index is 12.7. The number of nitrogens with one attached hydrogen (secondary N) is 2. The lowest BCUT2D eigenvalue weighted by Crippen LogP contribution is -2.38. The number of carbonyl (C=O) groups is 2. The van der Waals surface area contributed by atoms with E-state index in [9.17, 15) is 9.59 Å². The second-order valence-corrected chi connectivity index (χ2v) is 8.48. The summed E-state index contributed by atoms with van der Waals surface area (Å²) in [4.78, 5) is 26.8. The number of anilines is 1. The highest BCUT2D eigenvalue weighted by molar-refractivity contribution is 5.96. The van der Waals surface area contributed by atoms with Crippen LogP contribution in [0.4, 0.5) is 10.5 Å². The number of hydrogen-bond acceptors (Lipinski definition) is 2. The van der Waals surface area contributed by atoms with E-state index in [1.165, 1.54) is 0 Å². The van der Waals surface area contributed by atoms with E-state index in [1.807, 2.05) is 36.9 Å². The zero-order valence-corrected chi connectivity index (χ0v) is 17.5. The molecule has 5 nitrogen and oxygen atoms in total. The number of carbonyl (C=O) groups excluding carboxylic acids is 2. The van der Waals surface area contributed by atoms with Gasteiger partial charge in [0.05, 0.1) is 0 Å². The summed E-state index contributed by atoms with van der Waals surface area (Å²) < 4.78 is 0. The number of urea groups is 1. The van der Waals surface area contributed by atoms with Crippen molar-refractivity contribution in [1.29, 1.82) is 0 Å². The molecular formula is C22H35N3O2. The highest BCUT2D eigenvalue weighted by Gasteiger charge is 2.21. The van der Waals surface area contributed by atoms with Crippen LogP contribution in [-0.2, 0) is 0 Å². The van der Waals surface area contributed by atoms with Crippen LogP contribution in [0.1, 0.15) is 69.3 Å². The van der Waals surface area contributed by atoms with Crippen LogP contribution in [0.25, 0.3) is 0 Å². The lowest BCUT2D eigenvalue weighted by atomic mass is 9.98. The van der Waals surface area contributed by atoms with Gasteiger partial charge in [-0.25, -0.2) is 4.79 Å². The number of aryl methyl sites for hydroxylation is 1. The van der Waals surface area contributed by atoms with E-state index in [4.69, 9.17) is 0 Å². The number of piperidine rings is 1. The van der Waals surface area contributed by atoms with E-state index in [0.29, 0.717) is 17.4 Å². The first-order chi connectivity index (χ1) is 12.8. The van der Waals surface area contributed by atoms with Crippen molar-refractivity contribution in [2.24, 2.45) is 11.8 Å². The van der Waals surface area contributed by atoms with Gasteiger partial charge in [0.15, 0.2) is 0 Å². The van der Waals surface area contributed by atoms with E-state index in [1.54, 1.807) is 0 Å². The maximum atomic E-state index is 12.7. The van der Waals surface area contributed by atoms with Gasteiger partial charge in [-0.2, -0.15) is 0 Å². The van der Waals surface area contributed by atoms with Crippen molar-refractivity contribution in [3.05, 3.63) is 29.3 Å². The Morgan fingerprint density at radius 3 is 2.41 bits per heavy atom. The van der Waals surface area contributed by atoms with E-state index >= 15 is 0 Å². The fourth-order valence-corrected chi connectivity index (χ4v) is 3.37. The van der Waals surface area contributed by atoms with Crippen molar-refractivity contribution in [3.63, 3.8) is 0 Å². The van der Waals surface area contributed by atoms with Crippen LogP contribution in [0.15, 0.2) is 18.2 Å². The number of benzene rings is 1. The number of hydrogen-bond donors (Lipinski definition) is 2. The molecule has 1 atom stereocenters. The van der Waals surface area contributed by atoms with Crippen molar-refractivity contribution in [2.45, 2.75) is 66.3 Å². The molecule has 1 heterocycles. The van der Waals surface area contributed by atoms with Gasteiger partial charge in [0.25, 0.3) is 5.91 Å². The topological polar surface area (TPSA) is 61.4 Å². The van der Waals surface area contributed by atoms with Crippen molar-refractivity contribution in [1.82, 2.24) is 10.2 Å². The van der Waals surface area contributed by atoms with E-state index in [0.717, 1.165) is 50.0 Å². The van der Waals surface area contributed by atoms with Crippen LogP contribution < -0.4 is 10.6 Å². The molecule has 5 heteroatoms. The fourth-order valence-electron chi connectivity index (χ4n) is 3.37. The van der Waals surface area contributed by atoms with Gasteiger partial charge >= 0.3 is 6.03 Å². The minimum Gasteiger partial charge on any atom is -0.339 e. The number of rotatable bonds is 6. The number of amides is 3. The Kier molecular flexibility index (Phi) is 7.69. The predicted molar refractivity (Wildman–Crippen MR) is 111 cm³/mol. The Hall–Kier alpha value is -2.04. The first kappa shape index (κ1) is 21.3. The highest BCUT2D eigenvalue weighted by atomic mass is 16.2. The van der Waals surface area contributed by atoms with Gasteiger partial charge in [-0.3, -0.25) is 4.79 Å². The standard InChI is InChI=1S/C22H35N3O2/c1-15(2)6-7-18(5)23-22(27)24-20-9-8-19(14-17(20)4)21(26)25-12-10-16(3)11-13-25/h8-9,14-16,18H,6-7,10-13H2,1-5H3,(H2,23,24,27). The van der Waals surface area contributed by atoms with Crippen molar-refractivity contribution in [2.75, 3.05) is 18.4 Å². The third-order valence-corrected chi connectivity index (χ3v) is 5.35. The second kappa shape index (κ2) is 9.77. The smallest absolute Gasteiger partial charge is 0.319 e. The van der Waals surface area contributed by atoms with Crippen LogP contribution in [0.2, 0.25) is 0 Å². The Morgan fingerprint density at radius 2 is 1.81 bits per heavy atom. The summed E-state index contributed by atoms with van der Waals surface area (Å²) in [7, 11) is 0. The zero-order chi connectivity index (χ0) is 20.0. The third kappa shape index (κ3) is 6.56. The summed E-state index contributed by atoms with van der Waals surface area (Å²) in [5, 5.41) is 5.88. The summed E-state index contributed by atoms with van der Waals surface area (Å²) in [5.74, 6) is 1.42. The molecule has 1 aromatic carbocycles. The molecule has 0 radical (unpaired) electrons. The average Bonchev–Trinajstić information content (AvgIpc) is 2.61. The fraction of sp³-hybridized carbons (Fsp3) is 0.636. The molecule has 0 saturated carbocycles. The first-order valence-corrected chi connectivity index (χ1v) is 10.2. The quantitative estimate of drug-likeness (QED) is 0.751. The minimum absolute atomic E-state index is 0.0864. The van der Waals surface area contributed by atoms with E-state index < -0.39 is 0 Å². The van der Waals surface area contributed by atoms with Gasteiger partial charge in [0.1, 0.15) is 0 Å². The van der Waals surface area contributed by atoms with Gasteiger partial charge in [0.2, 0.25) is 0 Å².